The maximum Gasteiger partial charge on any atom is 0.251 e. The number of benzene rings is 1. The van der Waals surface area contributed by atoms with E-state index in [1.54, 1.807) is 29.2 Å². The molecule has 5 rings (SSSR count). The second kappa shape index (κ2) is 7.81. The van der Waals surface area contributed by atoms with Crippen LogP contribution in [0.3, 0.4) is 0 Å². The van der Waals surface area contributed by atoms with Crippen LogP contribution in [0.5, 0.6) is 0 Å². The van der Waals surface area contributed by atoms with Crippen LogP contribution in [0.15, 0.2) is 90.1 Å². The van der Waals surface area contributed by atoms with Crippen LogP contribution in [0, 0.1) is 0 Å². The van der Waals surface area contributed by atoms with Crippen molar-refractivity contribution in [1.29, 1.82) is 0 Å². The zero-order valence-corrected chi connectivity index (χ0v) is 17.4. The van der Waals surface area contributed by atoms with Crippen LogP contribution in [-0.2, 0) is 0 Å². The summed E-state index contributed by atoms with van der Waals surface area (Å²) in [5.74, 6) is 0. The third-order valence-electron chi connectivity index (χ3n) is 5.26. The topological polar surface area (TPSA) is 65.6 Å². The average Bonchev–Trinajstić information content (AvgIpc) is 3.19. The van der Waals surface area contributed by atoms with E-state index >= 15 is 0 Å². The van der Waals surface area contributed by atoms with E-state index in [-0.39, 0.29) is 11.6 Å². The molecule has 1 atom stereocenters. The molecule has 0 bridgehead atoms. The van der Waals surface area contributed by atoms with Gasteiger partial charge in [-0.2, -0.15) is 5.10 Å². The highest BCUT2D eigenvalue weighted by Gasteiger charge is 2.17. The zero-order chi connectivity index (χ0) is 21.4. The van der Waals surface area contributed by atoms with Crippen molar-refractivity contribution in [1.82, 2.24) is 24.3 Å². The van der Waals surface area contributed by atoms with Crippen LogP contribution in [0.25, 0.3) is 28.0 Å². The fraction of sp³-hybridized carbons (Fsp3) is 0.0833. The largest absolute Gasteiger partial charge is 0.307 e. The first-order valence-corrected chi connectivity index (χ1v) is 10.2. The van der Waals surface area contributed by atoms with Gasteiger partial charge in [0.2, 0.25) is 0 Å². The molecule has 0 unspecified atom stereocenters. The highest BCUT2D eigenvalue weighted by molar-refractivity contribution is 6.30. The first-order valence-electron chi connectivity index (χ1n) is 9.85. The van der Waals surface area contributed by atoms with Crippen LogP contribution in [0.4, 0.5) is 0 Å². The average molecular weight is 428 g/mol. The molecular formula is C24H18ClN5O. The van der Waals surface area contributed by atoms with Crippen LogP contribution in [0.2, 0.25) is 5.02 Å². The normalized spacial score (nSPS) is 12.2. The van der Waals surface area contributed by atoms with E-state index < -0.39 is 0 Å². The highest BCUT2D eigenvalue weighted by atomic mass is 35.5. The Kier molecular flexibility index (Phi) is 4.84. The Hall–Kier alpha value is -3.77. The van der Waals surface area contributed by atoms with Gasteiger partial charge in [-0.1, -0.05) is 17.7 Å². The first-order chi connectivity index (χ1) is 15.1. The Morgan fingerprint density at radius 1 is 0.935 bits per heavy atom. The number of aromatic nitrogens is 5. The minimum absolute atomic E-state index is 0.124. The van der Waals surface area contributed by atoms with Crippen molar-refractivity contribution in [3.63, 3.8) is 0 Å². The summed E-state index contributed by atoms with van der Waals surface area (Å²) in [6.45, 7) is 1.95. The molecule has 0 spiro atoms. The standard InChI is InChI=1S/C24H18ClN5O/c1-16(20-5-2-3-12-26-20)29-14-11-17(15-22(29)31)23-24-21(6-4-13-27-24)30(28-23)19-9-7-18(25)8-10-19/h2-16H,1H3/t16-/m0/s1. The van der Waals surface area contributed by atoms with Gasteiger partial charge in [0.15, 0.2) is 0 Å². The molecule has 0 N–H and O–H groups in total. The van der Waals surface area contributed by atoms with E-state index in [2.05, 4.69) is 9.97 Å². The Balaban J connectivity index is 1.61. The minimum atomic E-state index is -0.177. The van der Waals surface area contributed by atoms with Gasteiger partial charge in [-0.15, -0.1) is 0 Å². The van der Waals surface area contributed by atoms with Gasteiger partial charge in [0.25, 0.3) is 5.56 Å². The first kappa shape index (κ1) is 19.2. The van der Waals surface area contributed by atoms with E-state index in [9.17, 15) is 4.79 Å². The lowest BCUT2D eigenvalue weighted by Crippen LogP contribution is -2.23. The monoisotopic (exact) mass is 427 g/mol. The van der Waals surface area contributed by atoms with Gasteiger partial charge in [0.05, 0.1) is 22.9 Å². The lowest BCUT2D eigenvalue weighted by atomic mass is 10.1. The van der Waals surface area contributed by atoms with Gasteiger partial charge in [0, 0.05) is 35.2 Å². The van der Waals surface area contributed by atoms with Crippen molar-refractivity contribution in [2.24, 2.45) is 0 Å². The van der Waals surface area contributed by atoms with Gasteiger partial charge >= 0.3 is 0 Å². The number of nitrogens with zero attached hydrogens (tertiary/aromatic N) is 5. The van der Waals surface area contributed by atoms with Gasteiger partial charge in [-0.25, -0.2) is 4.68 Å². The molecule has 6 nitrogen and oxygen atoms in total. The summed E-state index contributed by atoms with van der Waals surface area (Å²) in [6.07, 6.45) is 5.24. The van der Waals surface area contributed by atoms with Crippen molar-refractivity contribution in [2.45, 2.75) is 13.0 Å². The van der Waals surface area contributed by atoms with Crippen molar-refractivity contribution in [3.8, 4) is 16.9 Å². The molecule has 152 valence electrons. The second-order valence-corrected chi connectivity index (χ2v) is 7.64. The predicted octanol–water partition coefficient (Wildman–Crippen LogP) is 4.91. The lowest BCUT2D eigenvalue weighted by molar-refractivity contribution is 0.598. The molecule has 4 aromatic heterocycles. The summed E-state index contributed by atoms with van der Waals surface area (Å²) < 4.78 is 3.48. The molecule has 1 aromatic carbocycles. The smallest absolute Gasteiger partial charge is 0.251 e. The lowest BCUT2D eigenvalue weighted by Gasteiger charge is -2.14. The quantitative estimate of drug-likeness (QED) is 0.409. The minimum Gasteiger partial charge on any atom is -0.307 e. The Bertz CT molecular complexity index is 1420. The molecule has 5 aromatic rings. The molecule has 0 saturated carbocycles. The fourth-order valence-electron chi connectivity index (χ4n) is 3.65. The van der Waals surface area contributed by atoms with Crippen molar-refractivity contribution in [2.75, 3.05) is 0 Å². The molecule has 7 heteroatoms. The third kappa shape index (κ3) is 3.51. The van der Waals surface area contributed by atoms with Gasteiger partial charge in [-0.3, -0.25) is 14.8 Å². The Morgan fingerprint density at radius 3 is 2.48 bits per heavy atom. The molecule has 0 aliphatic rings. The summed E-state index contributed by atoms with van der Waals surface area (Å²) in [5.41, 5.74) is 4.52. The third-order valence-corrected chi connectivity index (χ3v) is 5.52. The van der Waals surface area contributed by atoms with Crippen LogP contribution in [-0.4, -0.2) is 24.3 Å². The molecule has 4 heterocycles. The van der Waals surface area contributed by atoms with Crippen LogP contribution in [0.1, 0.15) is 18.7 Å². The van der Waals surface area contributed by atoms with Crippen molar-refractivity contribution in [3.05, 3.63) is 106 Å². The van der Waals surface area contributed by atoms with Crippen LogP contribution >= 0.6 is 11.6 Å². The summed E-state index contributed by atoms with van der Waals surface area (Å²) in [6, 6.07) is 20.3. The van der Waals surface area contributed by atoms with Gasteiger partial charge in [-0.05, 0) is 61.5 Å². The number of halogens is 1. The predicted molar refractivity (Wildman–Crippen MR) is 122 cm³/mol. The van der Waals surface area contributed by atoms with E-state index in [4.69, 9.17) is 16.7 Å². The molecule has 0 radical (unpaired) electrons. The molecule has 0 saturated heterocycles. The summed E-state index contributed by atoms with van der Waals surface area (Å²) >= 11 is 6.04. The van der Waals surface area contributed by atoms with Crippen LogP contribution < -0.4 is 5.56 Å². The van der Waals surface area contributed by atoms with Gasteiger partial charge in [0.1, 0.15) is 11.2 Å². The molecule has 0 aliphatic carbocycles. The number of fused-ring (bicyclic) bond motifs is 1. The molecule has 0 aliphatic heterocycles. The number of rotatable bonds is 4. The van der Waals surface area contributed by atoms with Crippen molar-refractivity contribution < 1.29 is 0 Å². The summed E-state index contributed by atoms with van der Waals surface area (Å²) in [7, 11) is 0. The second-order valence-electron chi connectivity index (χ2n) is 7.20. The summed E-state index contributed by atoms with van der Waals surface area (Å²) in [4.78, 5) is 21.8. The van der Waals surface area contributed by atoms with E-state index in [1.807, 2.05) is 72.3 Å². The number of hydrogen-bond donors (Lipinski definition) is 0. The SMILES string of the molecule is C[C@@H](c1ccccn1)n1ccc(-c2nn(-c3ccc(Cl)cc3)c3cccnc23)cc1=O. The molecule has 0 amide bonds. The number of pyridine rings is 3. The summed E-state index contributed by atoms with van der Waals surface area (Å²) in [5, 5.41) is 5.44. The Labute approximate surface area is 183 Å². The number of hydrogen-bond acceptors (Lipinski definition) is 4. The fourth-order valence-corrected chi connectivity index (χ4v) is 3.77. The van der Waals surface area contributed by atoms with E-state index in [1.165, 1.54) is 0 Å². The maximum atomic E-state index is 12.9. The Morgan fingerprint density at radius 2 is 1.74 bits per heavy atom. The van der Waals surface area contributed by atoms with Gasteiger partial charge < -0.3 is 4.57 Å². The zero-order valence-electron chi connectivity index (χ0n) is 16.7. The van der Waals surface area contributed by atoms with Crippen molar-refractivity contribution >= 4 is 22.6 Å². The molecule has 31 heavy (non-hydrogen) atoms. The molecule has 0 fully saturated rings. The van der Waals surface area contributed by atoms with E-state index in [0.717, 1.165) is 22.4 Å². The highest BCUT2D eigenvalue weighted by Crippen LogP contribution is 2.28. The van der Waals surface area contributed by atoms with E-state index in [0.29, 0.717) is 16.3 Å². The maximum absolute atomic E-state index is 12.9. The molecular weight excluding hydrogens is 410 g/mol.